The molecule has 2 heterocycles. The van der Waals surface area contributed by atoms with Crippen molar-refractivity contribution in [2.45, 2.75) is 12.8 Å². The van der Waals surface area contributed by atoms with Crippen LogP contribution in [0.3, 0.4) is 0 Å². The zero-order valence-electron chi connectivity index (χ0n) is 17.7. The standard InChI is InChI=1S/C25H25FN2O3/c1-4-5-17-12-18(13-23(30-2)24(17)31-3)25(29)28-10-8-16(9-11-28)21-15-27-22-14-19(26)6-7-20(21)22/h4,6-8,12-15,27H,1,5,9-11H2,2-3H3. The third-order valence-corrected chi connectivity index (χ3v) is 5.65. The van der Waals surface area contributed by atoms with Crippen molar-refractivity contribution in [1.29, 1.82) is 0 Å². The quantitative estimate of drug-likeness (QED) is 0.572. The van der Waals surface area contributed by atoms with Crippen LogP contribution in [-0.2, 0) is 6.42 Å². The first-order chi connectivity index (χ1) is 15.0. The Kier molecular flexibility index (Phi) is 5.80. The molecule has 1 aliphatic heterocycles. The number of methoxy groups -OCH3 is 2. The number of hydrogen-bond donors (Lipinski definition) is 1. The van der Waals surface area contributed by atoms with Crippen LogP contribution in [0, 0.1) is 5.82 Å². The molecule has 4 rings (SSSR count). The molecule has 0 bridgehead atoms. The van der Waals surface area contributed by atoms with Crippen LogP contribution in [0.15, 0.2) is 55.3 Å². The lowest BCUT2D eigenvalue weighted by atomic mass is 9.98. The van der Waals surface area contributed by atoms with E-state index in [0.29, 0.717) is 36.6 Å². The molecule has 0 radical (unpaired) electrons. The van der Waals surface area contributed by atoms with Gasteiger partial charge in [0.1, 0.15) is 5.82 Å². The van der Waals surface area contributed by atoms with Crippen molar-refractivity contribution in [1.82, 2.24) is 9.88 Å². The Morgan fingerprint density at radius 1 is 1.26 bits per heavy atom. The van der Waals surface area contributed by atoms with Gasteiger partial charge in [-0.15, -0.1) is 6.58 Å². The van der Waals surface area contributed by atoms with Gasteiger partial charge >= 0.3 is 0 Å². The molecule has 1 aliphatic rings. The Labute approximate surface area is 180 Å². The summed E-state index contributed by atoms with van der Waals surface area (Å²) in [6.45, 7) is 4.90. The van der Waals surface area contributed by atoms with Crippen LogP contribution in [-0.4, -0.2) is 43.1 Å². The molecular formula is C25H25FN2O3. The van der Waals surface area contributed by atoms with Crippen molar-refractivity contribution in [2.75, 3.05) is 27.3 Å². The van der Waals surface area contributed by atoms with Crippen LogP contribution >= 0.6 is 0 Å². The maximum absolute atomic E-state index is 13.5. The van der Waals surface area contributed by atoms with E-state index in [2.05, 4.69) is 17.6 Å². The number of amides is 1. The normalized spacial score (nSPS) is 13.8. The van der Waals surface area contributed by atoms with E-state index in [4.69, 9.17) is 9.47 Å². The molecule has 160 valence electrons. The van der Waals surface area contributed by atoms with Crippen LogP contribution in [0.5, 0.6) is 11.5 Å². The summed E-state index contributed by atoms with van der Waals surface area (Å²) >= 11 is 0. The van der Waals surface area contributed by atoms with Crippen molar-refractivity contribution in [3.05, 3.63) is 77.8 Å². The van der Waals surface area contributed by atoms with Crippen LogP contribution in [0.2, 0.25) is 0 Å². The number of halogens is 1. The van der Waals surface area contributed by atoms with Gasteiger partial charge in [0.2, 0.25) is 0 Å². The maximum Gasteiger partial charge on any atom is 0.254 e. The van der Waals surface area contributed by atoms with E-state index < -0.39 is 0 Å². The van der Waals surface area contributed by atoms with Gasteiger partial charge < -0.3 is 19.4 Å². The van der Waals surface area contributed by atoms with Crippen LogP contribution in [0.1, 0.15) is 27.9 Å². The number of benzene rings is 2. The van der Waals surface area contributed by atoms with E-state index in [1.54, 1.807) is 32.4 Å². The fourth-order valence-electron chi connectivity index (χ4n) is 4.12. The van der Waals surface area contributed by atoms with E-state index in [1.807, 2.05) is 17.2 Å². The Bertz CT molecular complexity index is 1180. The third-order valence-electron chi connectivity index (χ3n) is 5.65. The number of nitrogens with one attached hydrogen (secondary N) is 1. The van der Waals surface area contributed by atoms with Gasteiger partial charge in [0.25, 0.3) is 5.91 Å². The highest BCUT2D eigenvalue weighted by molar-refractivity contribution is 5.97. The minimum atomic E-state index is -0.263. The van der Waals surface area contributed by atoms with Crippen molar-refractivity contribution >= 4 is 22.4 Å². The second-order valence-electron chi connectivity index (χ2n) is 7.49. The van der Waals surface area contributed by atoms with Gasteiger partial charge in [-0.1, -0.05) is 12.2 Å². The van der Waals surface area contributed by atoms with Crippen molar-refractivity contribution in [3.8, 4) is 11.5 Å². The van der Waals surface area contributed by atoms with Crippen LogP contribution in [0.25, 0.3) is 16.5 Å². The highest BCUT2D eigenvalue weighted by atomic mass is 19.1. The molecule has 0 atom stereocenters. The topological polar surface area (TPSA) is 54.6 Å². The van der Waals surface area contributed by atoms with Crippen molar-refractivity contribution in [3.63, 3.8) is 0 Å². The largest absolute Gasteiger partial charge is 0.493 e. The molecule has 0 saturated heterocycles. The van der Waals surface area contributed by atoms with E-state index in [0.717, 1.165) is 34.0 Å². The molecule has 6 heteroatoms. The maximum atomic E-state index is 13.5. The smallest absolute Gasteiger partial charge is 0.254 e. The van der Waals surface area contributed by atoms with E-state index in [9.17, 15) is 9.18 Å². The molecule has 3 aromatic rings. The Balaban J connectivity index is 1.58. The number of H-pyrrole nitrogens is 1. The molecule has 0 saturated carbocycles. The van der Waals surface area contributed by atoms with E-state index in [-0.39, 0.29) is 11.7 Å². The van der Waals surface area contributed by atoms with E-state index >= 15 is 0 Å². The fourth-order valence-corrected chi connectivity index (χ4v) is 4.12. The van der Waals surface area contributed by atoms with Gasteiger partial charge in [0.15, 0.2) is 11.5 Å². The minimum absolute atomic E-state index is 0.0532. The molecule has 2 aromatic carbocycles. The summed E-state index contributed by atoms with van der Waals surface area (Å²) in [6.07, 6.45) is 7.05. The van der Waals surface area contributed by atoms with Gasteiger partial charge in [-0.3, -0.25) is 4.79 Å². The molecular weight excluding hydrogens is 395 g/mol. The summed E-state index contributed by atoms with van der Waals surface area (Å²) in [7, 11) is 3.15. The highest BCUT2D eigenvalue weighted by Gasteiger charge is 2.23. The molecule has 1 aromatic heterocycles. The summed E-state index contributed by atoms with van der Waals surface area (Å²) < 4.78 is 24.4. The number of carbonyl (C=O) groups excluding carboxylic acids is 1. The Hall–Kier alpha value is -3.54. The van der Waals surface area contributed by atoms with Gasteiger partial charge in [-0.25, -0.2) is 4.39 Å². The second kappa shape index (κ2) is 8.68. The van der Waals surface area contributed by atoms with Crippen molar-refractivity contribution < 1.29 is 18.7 Å². The summed E-state index contributed by atoms with van der Waals surface area (Å²) in [5.74, 6) is 0.837. The van der Waals surface area contributed by atoms with Crippen molar-refractivity contribution in [2.24, 2.45) is 0 Å². The third kappa shape index (κ3) is 3.93. The molecule has 1 amide bonds. The SMILES string of the molecule is C=CCc1cc(C(=O)N2CC=C(c3c[nH]c4cc(F)ccc34)CC2)cc(OC)c1OC. The zero-order chi connectivity index (χ0) is 22.0. The fraction of sp³-hybridized carbons (Fsp3) is 0.240. The summed E-state index contributed by atoms with van der Waals surface area (Å²) in [6, 6.07) is 8.33. The van der Waals surface area contributed by atoms with Gasteiger partial charge in [-0.2, -0.15) is 0 Å². The highest BCUT2D eigenvalue weighted by Crippen LogP contribution is 2.34. The van der Waals surface area contributed by atoms with Crippen LogP contribution < -0.4 is 9.47 Å². The Morgan fingerprint density at radius 2 is 2.10 bits per heavy atom. The number of allylic oxidation sites excluding steroid dienone is 1. The predicted molar refractivity (Wildman–Crippen MR) is 120 cm³/mol. The Morgan fingerprint density at radius 3 is 2.77 bits per heavy atom. The second-order valence-corrected chi connectivity index (χ2v) is 7.49. The number of rotatable bonds is 6. The lowest BCUT2D eigenvalue weighted by Crippen LogP contribution is -2.34. The molecule has 0 unspecified atom stereocenters. The first kappa shape index (κ1) is 20.7. The first-order valence-corrected chi connectivity index (χ1v) is 10.2. The average molecular weight is 420 g/mol. The molecule has 1 N–H and O–H groups in total. The molecule has 0 fully saturated rings. The monoisotopic (exact) mass is 420 g/mol. The lowest BCUT2D eigenvalue weighted by Gasteiger charge is -2.27. The van der Waals surface area contributed by atoms with E-state index in [1.165, 1.54) is 12.1 Å². The first-order valence-electron chi connectivity index (χ1n) is 10.2. The number of nitrogens with zero attached hydrogens (tertiary/aromatic N) is 1. The van der Waals surface area contributed by atoms with Gasteiger partial charge in [-0.05, 0) is 48.7 Å². The number of fused-ring (bicyclic) bond motifs is 1. The average Bonchev–Trinajstić information content (AvgIpc) is 3.21. The van der Waals surface area contributed by atoms with Crippen LogP contribution in [0.4, 0.5) is 4.39 Å². The number of aromatic nitrogens is 1. The predicted octanol–water partition coefficient (Wildman–Crippen LogP) is 4.98. The number of carbonyl (C=O) groups is 1. The number of aromatic amines is 1. The summed E-state index contributed by atoms with van der Waals surface area (Å²) in [5.41, 5.74) is 4.41. The number of ether oxygens (including phenoxy) is 2. The summed E-state index contributed by atoms with van der Waals surface area (Å²) in [5, 5.41) is 0.987. The molecule has 0 spiro atoms. The minimum Gasteiger partial charge on any atom is -0.493 e. The summed E-state index contributed by atoms with van der Waals surface area (Å²) in [4.78, 5) is 18.1. The van der Waals surface area contributed by atoms with Gasteiger partial charge in [0, 0.05) is 46.9 Å². The molecule has 0 aliphatic carbocycles. The molecule has 31 heavy (non-hydrogen) atoms. The lowest BCUT2D eigenvalue weighted by molar-refractivity contribution is 0.0772. The van der Waals surface area contributed by atoms with Gasteiger partial charge in [0.05, 0.1) is 14.2 Å². The number of hydrogen-bond acceptors (Lipinski definition) is 3. The zero-order valence-corrected chi connectivity index (χ0v) is 17.7. The molecule has 5 nitrogen and oxygen atoms in total.